The number of nitrogens with zero attached hydrogens (tertiary/aromatic N) is 1. The molecule has 2 aromatic carbocycles. The molecule has 1 unspecified atom stereocenters. The first-order valence-electron chi connectivity index (χ1n) is 14.7. The first-order chi connectivity index (χ1) is 22.2. The average Bonchev–Trinajstić information content (AvgIpc) is 3.53. The van der Waals surface area contributed by atoms with Gasteiger partial charge in [0.25, 0.3) is 0 Å². The Balaban J connectivity index is 0.00000600. The Hall–Kier alpha value is -3.71. The molecule has 0 radical (unpaired) electrons. The Morgan fingerprint density at radius 3 is 2.30 bits per heavy atom. The summed E-state index contributed by atoms with van der Waals surface area (Å²) in [6.45, 7) is 1.49. The Morgan fingerprint density at radius 1 is 0.936 bits per heavy atom. The number of hydrogen-bond acceptors (Lipinski definition) is 10. The fourth-order valence-corrected chi connectivity index (χ4v) is 6.10. The van der Waals surface area contributed by atoms with Gasteiger partial charge in [0.2, 0.25) is 0 Å². The molecule has 0 fully saturated rings. The van der Waals surface area contributed by atoms with Gasteiger partial charge in [-0.05, 0) is 55.9 Å². The Kier molecular flexibility index (Phi) is 14.9. The third-order valence-corrected chi connectivity index (χ3v) is 8.86. The highest BCUT2D eigenvalue weighted by atomic mass is 35.5. The van der Waals surface area contributed by atoms with Crippen LogP contribution in [0.15, 0.2) is 73.1 Å². The highest BCUT2D eigenvalue weighted by molar-refractivity contribution is 7.13. The number of rotatable bonds is 16. The monoisotopic (exact) mass is 703 g/mol. The summed E-state index contributed by atoms with van der Waals surface area (Å²) in [7, 11) is 7.05. The summed E-state index contributed by atoms with van der Waals surface area (Å²) in [6.07, 6.45) is 3.47. The number of thiophene rings is 1. The summed E-state index contributed by atoms with van der Waals surface area (Å²) >= 11 is 14.2. The SMILES string of the molecule is COc1ccc([C@H](Cc2c(Cl)c[nH+]cc2Cl)OC(=O)c2ccc(CNC(C(=O)OCCCN(C)C)c3ccccc3)s2)cc1OC.[OH-]. The van der Waals surface area contributed by atoms with E-state index in [-0.39, 0.29) is 17.9 Å². The van der Waals surface area contributed by atoms with Crippen LogP contribution in [0, 0.1) is 0 Å². The topological polar surface area (TPSA) is 130 Å². The summed E-state index contributed by atoms with van der Waals surface area (Å²) < 4.78 is 22.5. The zero-order valence-electron chi connectivity index (χ0n) is 26.6. The second-order valence-corrected chi connectivity index (χ2v) is 12.6. The molecule has 0 amide bonds. The molecule has 10 nitrogen and oxygen atoms in total. The van der Waals surface area contributed by atoms with Crippen molar-refractivity contribution in [3.63, 3.8) is 0 Å². The lowest BCUT2D eigenvalue weighted by molar-refractivity contribution is -0.377. The summed E-state index contributed by atoms with van der Waals surface area (Å²) in [5, 5.41) is 4.14. The van der Waals surface area contributed by atoms with Gasteiger partial charge in [-0.15, -0.1) is 11.3 Å². The van der Waals surface area contributed by atoms with Gasteiger partial charge in [-0.2, -0.15) is 0 Å². The number of pyridine rings is 1. The number of carbonyl (C=O) groups excluding carboxylic acids is 2. The molecular formula is C34H39Cl2N3O7S. The van der Waals surface area contributed by atoms with Crippen LogP contribution >= 0.6 is 34.5 Å². The van der Waals surface area contributed by atoms with Gasteiger partial charge >= 0.3 is 11.9 Å². The minimum atomic E-state index is -0.738. The van der Waals surface area contributed by atoms with Crippen molar-refractivity contribution in [1.82, 2.24) is 10.2 Å². The Labute approximate surface area is 288 Å². The largest absolute Gasteiger partial charge is 0.870 e. The number of carbonyl (C=O) groups is 2. The van der Waals surface area contributed by atoms with E-state index in [2.05, 4.69) is 10.3 Å². The molecule has 4 aromatic rings. The van der Waals surface area contributed by atoms with Crippen LogP contribution in [-0.2, 0) is 27.2 Å². The van der Waals surface area contributed by atoms with Crippen LogP contribution in [-0.4, -0.2) is 63.8 Å². The molecule has 0 spiro atoms. The van der Waals surface area contributed by atoms with Crippen molar-refractivity contribution in [1.29, 1.82) is 0 Å². The number of methoxy groups -OCH3 is 2. The van der Waals surface area contributed by atoms with Crippen molar-refractivity contribution < 1.29 is 39.0 Å². The predicted molar refractivity (Wildman–Crippen MR) is 181 cm³/mol. The van der Waals surface area contributed by atoms with Crippen LogP contribution in [0.3, 0.4) is 0 Å². The Bertz CT molecular complexity index is 1580. The molecule has 2 aromatic heterocycles. The molecule has 0 bridgehead atoms. The molecule has 252 valence electrons. The van der Waals surface area contributed by atoms with Crippen LogP contribution in [0.25, 0.3) is 0 Å². The van der Waals surface area contributed by atoms with E-state index in [1.807, 2.05) is 61.5 Å². The zero-order chi connectivity index (χ0) is 33.1. The lowest BCUT2D eigenvalue weighted by atomic mass is 10.0. The molecule has 4 rings (SSSR count). The number of H-pyrrole nitrogens is 1. The van der Waals surface area contributed by atoms with Crippen LogP contribution in [0.4, 0.5) is 0 Å². The van der Waals surface area contributed by atoms with E-state index in [1.165, 1.54) is 18.4 Å². The van der Waals surface area contributed by atoms with Gasteiger partial charge < -0.3 is 29.3 Å². The van der Waals surface area contributed by atoms with Crippen molar-refractivity contribution in [2.45, 2.75) is 31.5 Å². The number of benzene rings is 2. The van der Waals surface area contributed by atoms with Gasteiger partial charge in [0.05, 0.1) is 20.8 Å². The van der Waals surface area contributed by atoms with Crippen LogP contribution in [0.2, 0.25) is 10.0 Å². The van der Waals surface area contributed by atoms with Crippen molar-refractivity contribution in [2.75, 3.05) is 41.5 Å². The molecule has 0 saturated carbocycles. The van der Waals surface area contributed by atoms with E-state index in [4.69, 9.17) is 42.1 Å². The number of nitrogens with one attached hydrogen (secondary N) is 2. The molecule has 0 aliphatic carbocycles. The number of hydrogen-bond donors (Lipinski definition) is 1. The van der Waals surface area contributed by atoms with Crippen molar-refractivity contribution >= 4 is 46.5 Å². The predicted octanol–water partition coefficient (Wildman–Crippen LogP) is 6.18. The van der Waals surface area contributed by atoms with Gasteiger partial charge in [0, 0.05) is 30.0 Å². The molecule has 0 aliphatic heterocycles. The summed E-state index contributed by atoms with van der Waals surface area (Å²) in [5.74, 6) is 0.178. The average molecular weight is 705 g/mol. The molecule has 0 aliphatic rings. The van der Waals surface area contributed by atoms with Gasteiger partial charge in [0.1, 0.15) is 27.1 Å². The van der Waals surface area contributed by atoms with Crippen LogP contribution in [0.1, 0.15) is 49.8 Å². The van der Waals surface area contributed by atoms with Gasteiger partial charge in [-0.25, -0.2) is 14.6 Å². The first-order valence-corrected chi connectivity index (χ1v) is 16.2. The van der Waals surface area contributed by atoms with Gasteiger partial charge in [-0.1, -0.05) is 59.6 Å². The standard InChI is InChI=1S/C34H37Cl2N3O6S.H2O/c1-39(2)15-8-16-44-34(41)32(22-9-6-5-7-10-22)38-19-24-12-14-31(46-24)33(40)45-29(18-25-26(35)20-37-21-27(25)36)23-11-13-28(42-3)30(17-23)43-4;/h5-7,9-14,17,20-21,29,32,38H,8,15-16,18-19H2,1-4H3;1H2/t29-,32?;/m0./s1. The van der Waals surface area contributed by atoms with Crippen LogP contribution in [0.5, 0.6) is 11.5 Å². The highest BCUT2D eigenvalue weighted by Gasteiger charge is 2.26. The third kappa shape index (κ3) is 10.6. The molecule has 13 heteroatoms. The maximum atomic E-state index is 13.5. The van der Waals surface area contributed by atoms with Crippen molar-refractivity contribution in [3.05, 3.63) is 110 Å². The maximum absolute atomic E-state index is 13.5. The summed E-state index contributed by atoms with van der Waals surface area (Å²) in [5.41, 5.74) is 2.11. The van der Waals surface area contributed by atoms with Crippen molar-refractivity contribution in [3.8, 4) is 11.5 Å². The minimum Gasteiger partial charge on any atom is -0.870 e. The number of esters is 2. The number of halogens is 2. The fourth-order valence-electron chi connectivity index (χ4n) is 4.73. The van der Waals surface area contributed by atoms with E-state index in [0.29, 0.717) is 50.7 Å². The second kappa shape index (κ2) is 18.6. The second-order valence-electron chi connectivity index (χ2n) is 10.7. The molecule has 2 atom stereocenters. The van der Waals surface area contributed by atoms with Gasteiger partial charge in [-0.3, -0.25) is 5.32 Å². The smallest absolute Gasteiger partial charge is 0.348 e. The van der Waals surface area contributed by atoms with E-state index in [1.54, 1.807) is 37.7 Å². The molecule has 2 heterocycles. The third-order valence-electron chi connectivity index (χ3n) is 7.12. The molecule has 3 N–H and O–H groups in total. The van der Waals surface area contributed by atoms with E-state index < -0.39 is 18.1 Å². The summed E-state index contributed by atoms with van der Waals surface area (Å²) in [4.78, 5) is 32.8. The number of ether oxygens (including phenoxy) is 4. The van der Waals surface area contributed by atoms with Gasteiger partial charge in [0.15, 0.2) is 23.9 Å². The lowest BCUT2D eigenvalue weighted by Gasteiger charge is -2.20. The lowest BCUT2D eigenvalue weighted by Crippen LogP contribution is -2.30. The normalized spacial score (nSPS) is 12.1. The maximum Gasteiger partial charge on any atom is 0.348 e. The molecule has 47 heavy (non-hydrogen) atoms. The van der Waals surface area contributed by atoms with E-state index in [0.717, 1.165) is 23.4 Å². The Morgan fingerprint density at radius 2 is 1.64 bits per heavy atom. The minimum absolute atomic E-state index is 0. The quantitative estimate of drug-likeness (QED) is 0.107. The number of aromatic amines is 1. The van der Waals surface area contributed by atoms with Crippen LogP contribution < -0.4 is 19.8 Å². The summed E-state index contributed by atoms with van der Waals surface area (Å²) in [6, 6.07) is 17.6. The van der Waals surface area contributed by atoms with E-state index in [9.17, 15) is 9.59 Å². The molecule has 0 saturated heterocycles. The molecular weight excluding hydrogens is 665 g/mol. The zero-order valence-corrected chi connectivity index (χ0v) is 29.0. The highest BCUT2D eigenvalue weighted by Crippen LogP contribution is 2.35. The fraction of sp³-hybridized carbons (Fsp3) is 0.324. The number of aromatic nitrogens is 1. The van der Waals surface area contributed by atoms with E-state index >= 15 is 0 Å². The first kappa shape index (κ1) is 37.7. The van der Waals surface area contributed by atoms with Crippen molar-refractivity contribution in [2.24, 2.45) is 0 Å².